The molecule has 0 bridgehead atoms. The summed E-state index contributed by atoms with van der Waals surface area (Å²) in [6, 6.07) is 5.11. The van der Waals surface area contributed by atoms with Gasteiger partial charge in [-0.15, -0.1) is 0 Å². The molecule has 1 aliphatic heterocycles. The SMILES string of the molecule is CNC(=O)c1cc(OC)ccc1NC(=O)C1CC12CCNCC2. The first kappa shape index (κ1) is 15.8. The van der Waals surface area contributed by atoms with Crippen LogP contribution in [0.25, 0.3) is 0 Å². The minimum Gasteiger partial charge on any atom is -0.497 e. The largest absolute Gasteiger partial charge is 0.497 e. The monoisotopic (exact) mass is 317 g/mol. The number of hydrogen-bond donors (Lipinski definition) is 3. The molecule has 2 fully saturated rings. The number of carbonyl (C=O) groups is 2. The van der Waals surface area contributed by atoms with Crippen molar-refractivity contribution in [3.8, 4) is 5.75 Å². The number of nitrogens with one attached hydrogen (secondary N) is 3. The van der Waals surface area contributed by atoms with Gasteiger partial charge in [0, 0.05) is 13.0 Å². The Hall–Kier alpha value is -2.08. The molecule has 1 aromatic carbocycles. The minimum absolute atomic E-state index is 0.0159. The second-order valence-electron chi connectivity index (χ2n) is 6.35. The van der Waals surface area contributed by atoms with Gasteiger partial charge in [-0.3, -0.25) is 9.59 Å². The van der Waals surface area contributed by atoms with Gasteiger partial charge in [-0.2, -0.15) is 0 Å². The fourth-order valence-electron chi connectivity index (χ4n) is 3.50. The number of amides is 2. The first-order valence-corrected chi connectivity index (χ1v) is 8.01. The number of carbonyl (C=O) groups excluding carboxylic acids is 2. The van der Waals surface area contributed by atoms with E-state index in [1.54, 1.807) is 32.4 Å². The molecule has 1 spiro atoms. The summed E-state index contributed by atoms with van der Waals surface area (Å²) in [7, 11) is 3.12. The molecule has 1 aromatic rings. The topological polar surface area (TPSA) is 79.5 Å². The van der Waals surface area contributed by atoms with Crippen molar-refractivity contribution in [1.82, 2.24) is 10.6 Å². The molecule has 1 saturated carbocycles. The van der Waals surface area contributed by atoms with E-state index in [4.69, 9.17) is 4.74 Å². The number of anilines is 1. The van der Waals surface area contributed by atoms with Gasteiger partial charge in [0.15, 0.2) is 0 Å². The van der Waals surface area contributed by atoms with Gasteiger partial charge in [0.2, 0.25) is 5.91 Å². The van der Waals surface area contributed by atoms with Gasteiger partial charge in [0.25, 0.3) is 5.91 Å². The van der Waals surface area contributed by atoms with Gasteiger partial charge in [-0.1, -0.05) is 0 Å². The second kappa shape index (κ2) is 6.20. The molecule has 6 nitrogen and oxygen atoms in total. The van der Waals surface area contributed by atoms with Crippen LogP contribution in [0.2, 0.25) is 0 Å². The quantitative estimate of drug-likeness (QED) is 0.784. The van der Waals surface area contributed by atoms with Crippen LogP contribution in [-0.2, 0) is 4.79 Å². The normalized spacial score (nSPS) is 21.6. The third kappa shape index (κ3) is 3.03. The summed E-state index contributed by atoms with van der Waals surface area (Å²) in [6.45, 7) is 1.96. The van der Waals surface area contributed by atoms with Crippen molar-refractivity contribution >= 4 is 17.5 Å². The molecule has 3 rings (SSSR count). The Labute approximate surface area is 136 Å². The molecule has 3 N–H and O–H groups in total. The van der Waals surface area contributed by atoms with Crippen LogP contribution in [0.3, 0.4) is 0 Å². The Bertz CT molecular complexity index is 624. The third-order valence-corrected chi connectivity index (χ3v) is 5.06. The lowest BCUT2D eigenvalue weighted by Gasteiger charge is -2.23. The summed E-state index contributed by atoms with van der Waals surface area (Å²) in [5.74, 6) is 0.417. The molecule has 2 aliphatic rings. The maximum atomic E-state index is 12.6. The van der Waals surface area contributed by atoms with Crippen molar-refractivity contribution in [2.75, 3.05) is 32.6 Å². The van der Waals surface area contributed by atoms with E-state index in [-0.39, 0.29) is 23.1 Å². The maximum absolute atomic E-state index is 12.6. The predicted molar refractivity (Wildman–Crippen MR) is 87.7 cm³/mol. The van der Waals surface area contributed by atoms with Gasteiger partial charge in [-0.25, -0.2) is 0 Å². The molecule has 1 saturated heterocycles. The number of rotatable bonds is 4. The van der Waals surface area contributed by atoms with Gasteiger partial charge in [0.1, 0.15) is 5.75 Å². The molecule has 6 heteroatoms. The molecule has 124 valence electrons. The van der Waals surface area contributed by atoms with Crippen LogP contribution >= 0.6 is 0 Å². The Morgan fingerprint density at radius 1 is 1.30 bits per heavy atom. The second-order valence-corrected chi connectivity index (χ2v) is 6.35. The number of piperidine rings is 1. The molecule has 2 amide bonds. The summed E-state index contributed by atoms with van der Waals surface area (Å²) < 4.78 is 5.16. The highest BCUT2D eigenvalue weighted by Crippen LogP contribution is 2.58. The van der Waals surface area contributed by atoms with Crippen LogP contribution < -0.4 is 20.7 Å². The van der Waals surface area contributed by atoms with E-state index in [1.165, 1.54) is 0 Å². The Kier molecular flexibility index (Phi) is 4.26. The van der Waals surface area contributed by atoms with Crippen LogP contribution in [0.15, 0.2) is 18.2 Å². The highest BCUT2D eigenvalue weighted by molar-refractivity contribution is 6.05. The lowest BCUT2D eigenvalue weighted by molar-refractivity contribution is -0.118. The molecular formula is C17H23N3O3. The molecule has 1 aliphatic carbocycles. The van der Waals surface area contributed by atoms with Crippen LogP contribution in [-0.4, -0.2) is 39.1 Å². The smallest absolute Gasteiger partial charge is 0.253 e. The van der Waals surface area contributed by atoms with E-state index in [0.29, 0.717) is 17.0 Å². The van der Waals surface area contributed by atoms with Crippen molar-refractivity contribution in [1.29, 1.82) is 0 Å². The molecule has 1 heterocycles. The fourth-order valence-corrected chi connectivity index (χ4v) is 3.50. The Balaban J connectivity index is 1.75. The summed E-state index contributed by atoms with van der Waals surface area (Å²) in [6.07, 6.45) is 3.05. The summed E-state index contributed by atoms with van der Waals surface area (Å²) in [5, 5.41) is 8.86. The molecule has 23 heavy (non-hydrogen) atoms. The molecule has 0 radical (unpaired) electrons. The van der Waals surface area contributed by atoms with Crippen LogP contribution in [0, 0.1) is 11.3 Å². The first-order valence-electron chi connectivity index (χ1n) is 8.01. The van der Waals surface area contributed by atoms with Crippen molar-refractivity contribution in [2.45, 2.75) is 19.3 Å². The van der Waals surface area contributed by atoms with Gasteiger partial charge >= 0.3 is 0 Å². The molecule has 0 aromatic heterocycles. The number of methoxy groups -OCH3 is 1. The zero-order valence-electron chi connectivity index (χ0n) is 13.6. The number of ether oxygens (including phenoxy) is 1. The average molecular weight is 317 g/mol. The van der Waals surface area contributed by atoms with Crippen LogP contribution in [0.4, 0.5) is 5.69 Å². The van der Waals surface area contributed by atoms with Crippen molar-refractivity contribution in [2.24, 2.45) is 11.3 Å². The Morgan fingerprint density at radius 2 is 2.04 bits per heavy atom. The summed E-state index contributed by atoms with van der Waals surface area (Å²) in [4.78, 5) is 24.6. The zero-order valence-corrected chi connectivity index (χ0v) is 13.6. The zero-order chi connectivity index (χ0) is 16.4. The Morgan fingerprint density at radius 3 is 2.70 bits per heavy atom. The third-order valence-electron chi connectivity index (χ3n) is 5.06. The van der Waals surface area contributed by atoms with Crippen molar-refractivity contribution < 1.29 is 14.3 Å². The van der Waals surface area contributed by atoms with E-state index < -0.39 is 0 Å². The molecular weight excluding hydrogens is 294 g/mol. The van der Waals surface area contributed by atoms with E-state index in [9.17, 15) is 9.59 Å². The summed E-state index contributed by atoms with van der Waals surface area (Å²) in [5.41, 5.74) is 1.13. The molecule has 1 atom stereocenters. The van der Waals surface area contributed by atoms with Crippen molar-refractivity contribution in [3.05, 3.63) is 23.8 Å². The van der Waals surface area contributed by atoms with E-state index in [2.05, 4.69) is 16.0 Å². The highest BCUT2D eigenvalue weighted by Gasteiger charge is 2.57. The van der Waals surface area contributed by atoms with Crippen LogP contribution in [0.5, 0.6) is 5.75 Å². The maximum Gasteiger partial charge on any atom is 0.253 e. The lowest BCUT2D eigenvalue weighted by Crippen LogP contribution is -2.32. The predicted octanol–water partition coefficient (Wildman–Crippen LogP) is 1.38. The first-order chi connectivity index (χ1) is 11.1. The number of hydrogen-bond acceptors (Lipinski definition) is 4. The van der Waals surface area contributed by atoms with Gasteiger partial charge in [-0.05, 0) is 56.0 Å². The standard InChI is InChI=1S/C17H23N3O3/c1-18-15(21)12-9-11(23-2)3-4-14(12)20-16(22)13-10-17(13)5-7-19-8-6-17/h3-4,9,13,19H,5-8,10H2,1-2H3,(H,18,21)(H,20,22). The minimum atomic E-state index is -0.244. The molecule has 1 unspecified atom stereocenters. The van der Waals surface area contributed by atoms with Gasteiger partial charge in [0.05, 0.1) is 18.4 Å². The highest BCUT2D eigenvalue weighted by atomic mass is 16.5. The number of benzene rings is 1. The summed E-state index contributed by atoms with van der Waals surface area (Å²) >= 11 is 0. The van der Waals surface area contributed by atoms with E-state index >= 15 is 0 Å². The van der Waals surface area contributed by atoms with Crippen LogP contribution in [0.1, 0.15) is 29.6 Å². The van der Waals surface area contributed by atoms with E-state index in [1.807, 2.05) is 0 Å². The fraction of sp³-hybridized carbons (Fsp3) is 0.529. The van der Waals surface area contributed by atoms with Crippen molar-refractivity contribution in [3.63, 3.8) is 0 Å². The van der Waals surface area contributed by atoms with Gasteiger partial charge < -0.3 is 20.7 Å². The lowest BCUT2D eigenvalue weighted by atomic mass is 9.91. The van der Waals surface area contributed by atoms with E-state index in [0.717, 1.165) is 32.4 Å². The average Bonchev–Trinajstić information content (AvgIpc) is 3.28.